The summed E-state index contributed by atoms with van der Waals surface area (Å²) >= 11 is 0.805. The number of halogens is 2. The molecule has 10 heteroatoms. The Balaban J connectivity index is 1.60. The first-order valence-corrected chi connectivity index (χ1v) is 12.2. The van der Waals surface area contributed by atoms with E-state index in [1.807, 2.05) is 30.3 Å². The Bertz CT molecular complexity index is 1140. The van der Waals surface area contributed by atoms with Crippen molar-refractivity contribution in [3.63, 3.8) is 0 Å². The van der Waals surface area contributed by atoms with Crippen LogP contribution in [0.15, 0.2) is 53.7 Å². The topological polar surface area (TPSA) is 75.2 Å². The Morgan fingerprint density at radius 2 is 1.94 bits per heavy atom. The third-order valence-corrected chi connectivity index (χ3v) is 7.51. The number of benzene rings is 2. The minimum atomic E-state index is -4.32. The molecule has 1 N–H and O–H groups in total. The molecule has 0 amide bonds. The van der Waals surface area contributed by atoms with Crippen LogP contribution >= 0.6 is 11.5 Å². The fourth-order valence-electron chi connectivity index (χ4n) is 3.97. The lowest BCUT2D eigenvalue weighted by Crippen LogP contribution is -2.37. The highest BCUT2D eigenvalue weighted by molar-refractivity contribution is 7.93. The highest BCUT2D eigenvalue weighted by Gasteiger charge is 2.29. The maximum absolute atomic E-state index is 14.9. The van der Waals surface area contributed by atoms with Crippen molar-refractivity contribution >= 4 is 26.7 Å². The molecular weight excluding hydrogens is 442 g/mol. The Labute approximate surface area is 184 Å². The maximum Gasteiger partial charge on any atom is 0.266 e. The number of nitrogens with one attached hydrogen (secondary N) is 1. The molecule has 0 spiro atoms. The molecule has 1 fully saturated rings. The number of aromatic nitrogens is 2. The first kappa shape index (κ1) is 21.8. The van der Waals surface area contributed by atoms with Crippen molar-refractivity contribution in [2.75, 3.05) is 11.3 Å². The molecule has 2 atom stereocenters. The number of piperidine rings is 1. The van der Waals surface area contributed by atoms with Crippen LogP contribution < -0.4 is 4.72 Å². The van der Waals surface area contributed by atoms with Crippen LogP contribution in [-0.2, 0) is 16.6 Å². The molecule has 6 nitrogen and oxygen atoms in total. The molecule has 0 unspecified atom stereocenters. The van der Waals surface area contributed by atoms with Crippen molar-refractivity contribution in [3.05, 3.63) is 71.6 Å². The molecule has 3 aromatic rings. The first-order valence-electron chi connectivity index (χ1n) is 9.90. The van der Waals surface area contributed by atoms with E-state index in [4.69, 9.17) is 0 Å². The zero-order valence-corrected chi connectivity index (χ0v) is 18.5. The highest BCUT2D eigenvalue weighted by Crippen LogP contribution is 2.35. The van der Waals surface area contributed by atoms with E-state index in [1.165, 1.54) is 6.33 Å². The van der Waals surface area contributed by atoms with Crippen LogP contribution in [0.1, 0.15) is 36.9 Å². The van der Waals surface area contributed by atoms with Gasteiger partial charge < -0.3 is 0 Å². The van der Waals surface area contributed by atoms with Crippen molar-refractivity contribution in [1.82, 2.24) is 14.3 Å². The van der Waals surface area contributed by atoms with Gasteiger partial charge in [0.15, 0.2) is 0 Å². The van der Waals surface area contributed by atoms with E-state index in [0.29, 0.717) is 5.92 Å². The molecule has 1 aromatic heterocycles. The molecule has 1 aliphatic rings. The van der Waals surface area contributed by atoms with Crippen LogP contribution in [0.3, 0.4) is 0 Å². The van der Waals surface area contributed by atoms with E-state index in [0.717, 1.165) is 48.6 Å². The zero-order chi connectivity index (χ0) is 22.0. The van der Waals surface area contributed by atoms with Crippen molar-refractivity contribution in [2.45, 2.75) is 37.2 Å². The van der Waals surface area contributed by atoms with Gasteiger partial charge in [-0.3, -0.25) is 9.62 Å². The largest absolute Gasteiger partial charge is 0.292 e. The summed E-state index contributed by atoms with van der Waals surface area (Å²) in [6, 6.07) is 11.8. The van der Waals surface area contributed by atoms with E-state index >= 15 is 0 Å². The van der Waals surface area contributed by atoms with Gasteiger partial charge in [-0.25, -0.2) is 22.2 Å². The average Bonchev–Trinajstić information content (AvgIpc) is 3.23. The molecule has 31 heavy (non-hydrogen) atoms. The second-order valence-electron chi connectivity index (χ2n) is 7.76. The fraction of sp³-hybridized carbons (Fsp3) is 0.333. The van der Waals surface area contributed by atoms with Crippen LogP contribution in [0.5, 0.6) is 0 Å². The van der Waals surface area contributed by atoms with E-state index < -0.39 is 26.6 Å². The first-order chi connectivity index (χ1) is 14.8. The quantitative estimate of drug-likeness (QED) is 0.578. The third-order valence-electron chi connectivity index (χ3n) is 5.45. The van der Waals surface area contributed by atoms with E-state index in [2.05, 4.69) is 25.9 Å². The smallest absolute Gasteiger partial charge is 0.266 e. The Morgan fingerprint density at radius 3 is 2.65 bits per heavy atom. The lowest BCUT2D eigenvalue weighted by atomic mass is 9.89. The number of sulfonamides is 1. The summed E-state index contributed by atoms with van der Waals surface area (Å²) in [6.07, 6.45) is 3.15. The van der Waals surface area contributed by atoms with Gasteiger partial charge in [0.25, 0.3) is 10.0 Å². The van der Waals surface area contributed by atoms with Gasteiger partial charge in [-0.05, 0) is 36.5 Å². The van der Waals surface area contributed by atoms with Crippen molar-refractivity contribution < 1.29 is 17.2 Å². The van der Waals surface area contributed by atoms with Crippen LogP contribution in [0.4, 0.5) is 13.9 Å². The number of hydrogen-bond donors (Lipinski definition) is 1. The fourth-order valence-corrected chi connectivity index (χ4v) is 5.71. The molecule has 2 heterocycles. The Hall–Kier alpha value is -2.43. The predicted octanol–water partition coefficient (Wildman–Crippen LogP) is 4.59. The second-order valence-corrected chi connectivity index (χ2v) is 10.2. The van der Waals surface area contributed by atoms with Gasteiger partial charge in [0, 0.05) is 36.2 Å². The van der Waals surface area contributed by atoms with Gasteiger partial charge in [-0.15, -0.1) is 0 Å². The van der Waals surface area contributed by atoms with Gasteiger partial charge in [0.05, 0.1) is 0 Å². The number of nitrogens with zero attached hydrogens (tertiary/aromatic N) is 3. The molecule has 4 rings (SSSR count). The molecular formula is C21H22F2N4O2S2. The SMILES string of the molecule is C[C@@H]1CC[C@H](c2ccccc2)N(Cc2cc(F)c(S(=O)(=O)Nc3ncns3)cc2F)C1. The summed E-state index contributed by atoms with van der Waals surface area (Å²) in [7, 11) is -4.32. The van der Waals surface area contributed by atoms with Crippen molar-refractivity contribution in [1.29, 1.82) is 0 Å². The lowest BCUT2D eigenvalue weighted by Gasteiger charge is -2.39. The molecule has 0 bridgehead atoms. The summed E-state index contributed by atoms with van der Waals surface area (Å²) in [6.45, 7) is 3.08. The normalized spacial score (nSPS) is 20.0. The second kappa shape index (κ2) is 8.97. The van der Waals surface area contributed by atoms with Crippen LogP contribution in [0.25, 0.3) is 0 Å². The highest BCUT2D eigenvalue weighted by atomic mass is 32.2. The number of anilines is 1. The summed E-state index contributed by atoms with van der Waals surface area (Å²) < 4.78 is 60.4. The number of rotatable bonds is 6. The number of hydrogen-bond acceptors (Lipinski definition) is 6. The average molecular weight is 465 g/mol. The summed E-state index contributed by atoms with van der Waals surface area (Å²) in [5.41, 5.74) is 1.26. The lowest BCUT2D eigenvalue weighted by molar-refractivity contribution is 0.105. The van der Waals surface area contributed by atoms with Crippen LogP contribution in [-0.4, -0.2) is 29.2 Å². The van der Waals surface area contributed by atoms with Crippen LogP contribution in [0.2, 0.25) is 0 Å². The Kier molecular flexibility index (Phi) is 6.31. The molecule has 2 aromatic carbocycles. The molecule has 1 aliphatic heterocycles. The van der Waals surface area contributed by atoms with Gasteiger partial charge >= 0.3 is 0 Å². The molecule has 0 saturated carbocycles. The Morgan fingerprint density at radius 1 is 1.16 bits per heavy atom. The van der Waals surface area contributed by atoms with E-state index in [-0.39, 0.29) is 23.3 Å². The maximum atomic E-state index is 14.9. The van der Waals surface area contributed by atoms with Gasteiger partial charge in [-0.1, -0.05) is 37.3 Å². The van der Waals surface area contributed by atoms with Gasteiger partial charge in [0.2, 0.25) is 5.13 Å². The standard InChI is InChI=1S/C21H22F2N4O2S2/c1-14-7-8-19(15-5-3-2-4-6-15)27(11-14)12-16-9-18(23)20(10-17(16)22)31(28,29)26-21-24-13-25-30-21/h2-6,9-10,13-14,19H,7-8,11-12H2,1H3,(H,24,25,26)/t14-,19-/m1/s1. The molecule has 164 valence electrons. The predicted molar refractivity (Wildman–Crippen MR) is 115 cm³/mol. The van der Waals surface area contributed by atoms with E-state index in [9.17, 15) is 17.2 Å². The monoisotopic (exact) mass is 464 g/mol. The van der Waals surface area contributed by atoms with Gasteiger partial charge in [0.1, 0.15) is 22.9 Å². The number of likely N-dealkylation sites (tertiary alicyclic amines) is 1. The molecule has 1 saturated heterocycles. The summed E-state index contributed by atoms with van der Waals surface area (Å²) in [4.78, 5) is 5.09. The van der Waals surface area contributed by atoms with Crippen LogP contribution in [0, 0.1) is 17.6 Å². The molecule has 0 aliphatic carbocycles. The molecule has 0 radical (unpaired) electrons. The third kappa shape index (κ3) is 4.91. The van der Waals surface area contributed by atoms with E-state index in [1.54, 1.807) is 0 Å². The minimum absolute atomic E-state index is 0.0168. The van der Waals surface area contributed by atoms with Crippen molar-refractivity contribution in [2.24, 2.45) is 5.92 Å². The van der Waals surface area contributed by atoms with Gasteiger partial charge in [-0.2, -0.15) is 4.37 Å². The van der Waals surface area contributed by atoms with Crippen molar-refractivity contribution in [3.8, 4) is 0 Å². The minimum Gasteiger partial charge on any atom is -0.292 e. The summed E-state index contributed by atoms with van der Waals surface area (Å²) in [5, 5.41) is -0.0168. The zero-order valence-electron chi connectivity index (χ0n) is 16.8. The summed E-state index contributed by atoms with van der Waals surface area (Å²) in [5.74, 6) is -1.33.